The van der Waals surface area contributed by atoms with Gasteiger partial charge < -0.3 is 34.8 Å². The van der Waals surface area contributed by atoms with E-state index in [-0.39, 0.29) is 28.4 Å². The van der Waals surface area contributed by atoms with Gasteiger partial charge in [0, 0.05) is 35.0 Å². The second-order valence-corrected chi connectivity index (χ2v) is 11.0. The molecular formula is C28H22F3N3O6S. The number of hydrogen-bond acceptors (Lipinski definition) is 7. The standard InChI is InChI=1S/C28H22F3N3O6S/c1-13-3-2-4-16-15(8-10-39-24(13)16)20-12-33-27(34-20)18-11-14(5-6-19(18)29)40-25-22(31)21(30)23-17(7-9-32-23)26(25)41(38)28(35,36)37/h2-7,9,11-12,15,32,35-37H,8,10H2,1H3,(H,33,34). The summed E-state index contributed by atoms with van der Waals surface area (Å²) >= 11 is 0. The fourth-order valence-corrected chi connectivity index (χ4v) is 5.95. The molecule has 0 spiro atoms. The Bertz CT molecular complexity index is 1830. The summed E-state index contributed by atoms with van der Waals surface area (Å²) in [6, 6.07) is 10.3. The van der Waals surface area contributed by atoms with Crippen LogP contribution in [0.4, 0.5) is 13.2 Å². The number of benzene rings is 3. The van der Waals surface area contributed by atoms with Gasteiger partial charge >= 0.3 is 5.31 Å². The second kappa shape index (κ2) is 10.0. The molecule has 41 heavy (non-hydrogen) atoms. The molecule has 5 N–H and O–H groups in total. The zero-order chi connectivity index (χ0) is 29.1. The predicted octanol–water partition coefficient (Wildman–Crippen LogP) is 4.69. The van der Waals surface area contributed by atoms with Crippen LogP contribution < -0.4 is 9.47 Å². The van der Waals surface area contributed by atoms with Gasteiger partial charge in [-0.15, -0.1) is 0 Å². The van der Waals surface area contributed by atoms with Crippen LogP contribution in [0.5, 0.6) is 17.2 Å². The molecule has 0 bridgehead atoms. The first-order chi connectivity index (χ1) is 19.5. The molecule has 0 aliphatic carbocycles. The van der Waals surface area contributed by atoms with E-state index in [0.717, 1.165) is 34.7 Å². The first kappa shape index (κ1) is 27.0. The molecule has 212 valence electrons. The number of nitrogens with one attached hydrogen (secondary N) is 2. The molecular weight excluding hydrogens is 563 g/mol. The van der Waals surface area contributed by atoms with Crippen molar-refractivity contribution < 1.29 is 42.2 Å². The average Bonchev–Trinajstić information content (AvgIpc) is 3.63. The van der Waals surface area contributed by atoms with Gasteiger partial charge in [0.05, 0.1) is 17.7 Å². The predicted molar refractivity (Wildman–Crippen MR) is 141 cm³/mol. The number of aromatic nitrogens is 3. The van der Waals surface area contributed by atoms with Crippen LogP contribution in [0.3, 0.4) is 0 Å². The van der Waals surface area contributed by atoms with E-state index >= 15 is 4.39 Å². The molecule has 3 aromatic carbocycles. The Labute approximate surface area is 232 Å². The van der Waals surface area contributed by atoms with Gasteiger partial charge in [-0.25, -0.2) is 18.0 Å². The highest BCUT2D eigenvalue weighted by Gasteiger charge is 2.37. The number of halogens is 3. The topological polar surface area (TPSA) is 141 Å². The number of aliphatic hydroxyl groups is 3. The van der Waals surface area contributed by atoms with Crippen molar-refractivity contribution in [1.29, 1.82) is 0 Å². The van der Waals surface area contributed by atoms with Crippen molar-refractivity contribution in [2.24, 2.45) is 0 Å². The molecule has 2 aromatic heterocycles. The fraction of sp³-hybridized carbons (Fsp3) is 0.179. The van der Waals surface area contributed by atoms with Crippen LogP contribution in [0.2, 0.25) is 0 Å². The molecule has 3 heterocycles. The van der Waals surface area contributed by atoms with Crippen molar-refractivity contribution in [2.75, 3.05) is 6.61 Å². The molecule has 1 aliphatic rings. The fourth-order valence-electron chi connectivity index (χ4n) is 5.00. The van der Waals surface area contributed by atoms with Crippen LogP contribution in [0.1, 0.15) is 29.2 Å². The van der Waals surface area contributed by atoms with Crippen LogP contribution in [-0.4, -0.2) is 46.4 Å². The summed E-state index contributed by atoms with van der Waals surface area (Å²) in [6.07, 6.45) is 3.45. The molecule has 1 aliphatic heterocycles. The summed E-state index contributed by atoms with van der Waals surface area (Å²) in [5.74, 6) is -4.06. The van der Waals surface area contributed by atoms with E-state index in [1.54, 1.807) is 6.20 Å². The summed E-state index contributed by atoms with van der Waals surface area (Å²) in [7, 11) is -3.11. The Kier molecular flexibility index (Phi) is 6.61. The number of aryl methyl sites for hydroxylation is 1. The lowest BCUT2D eigenvalue weighted by Gasteiger charge is -2.26. The SMILES string of the molecule is Cc1cccc2c1OCCC2c1cnc(-c2cc(Oc3c(F)c(F)c4[nH]ccc4c3S(=O)C(O)(O)O)ccc2F)[nH]1. The molecule has 0 amide bonds. The summed E-state index contributed by atoms with van der Waals surface area (Å²) in [5, 5.41) is 24.7. The Morgan fingerprint density at radius 3 is 2.71 bits per heavy atom. The van der Waals surface area contributed by atoms with Gasteiger partial charge in [0.1, 0.15) is 38.8 Å². The number of aromatic amines is 2. The minimum atomic E-state index is -3.80. The highest BCUT2D eigenvalue weighted by Crippen LogP contribution is 2.42. The largest absolute Gasteiger partial charge is 0.493 e. The molecule has 0 radical (unpaired) electrons. The first-order valence-corrected chi connectivity index (χ1v) is 13.5. The van der Waals surface area contributed by atoms with Gasteiger partial charge in [0.15, 0.2) is 11.6 Å². The molecule has 2 unspecified atom stereocenters. The number of ether oxygens (including phenoxy) is 2. The van der Waals surface area contributed by atoms with E-state index in [1.165, 1.54) is 18.3 Å². The summed E-state index contributed by atoms with van der Waals surface area (Å²) in [4.78, 5) is 9.16. The Morgan fingerprint density at radius 1 is 1.12 bits per heavy atom. The highest BCUT2D eigenvalue weighted by atomic mass is 32.2. The minimum Gasteiger partial charge on any atom is -0.493 e. The number of imidazole rings is 1. The maximum Gasteiger partial charge on any atom is 0.364 e. The quantitative estimate of drug-likeness (QED) is 0.182. The van der Waals surface area contributed by atoms with E-state index in [2.05, 4.69) is 15.0 Å². The van der Waals surface area contributed by atoms with Gasteiger partial charge in [0.2, 0.25) is 5.82 Å². The van der Waals surface area contributed by atoms with E-state index in [0.29, 0.717) is 13.0 Å². The highest BCUT2D eigenvalue weighted by molar-refractivity contribution is 7.86. The van der Waals surface area contributed by atoms with Crippen molar-refractivity contribution in [3.8, 4) is 28.6 Å². The van der Waals surface area contributed by atoms with Crippen molar-refractivity contribution >= 4 is 21.7 Å². The van der Waals surface area contributed by atoms with Gasteiger partial charge in [-0.1, -0.05) is 18.2 Å². The van der Waals surface area contributed by atoms with Gasteiger partial charge in [0.25, 0.3) is 0 Å². The Balaban J connectivity index is 1.39. The molecule has 0 fully saturated rings. The number of rotatable bonds is 6. The molecule has 0 saturated heterocycles. The van der Waals surface area contributed by atoms with Crippen molar-refractivity contribution in [3.63, 3.8) is 0 Å². The minimum absolute atomic E-state index is 0.0580. The first-order valence-electron chi connectivity index (χ1n) is 12.4. The lowest BCUT2D eigenvalue weighted by atomic mass is 9.89. The number of H-pyrrole nitrogens is 2. The second-order valence-electron chi connectivity index (χ2n) is 9.51. The number of hydrogen-bond donors (Lipinski definition) is 5. The smallest absolute Gasteiger partial charge is 0.364 e. The molecule has 5 aromatic rings. The van der Waals surface area contributed by atoms with Crippen molar-refractivity contribution in [3.05, 3.63) is 89.1 Å². The summed E-state index contributed by atoms with van der Waals surface area (Å²) in [6.45, 7) is 2.44. The van der Waals surface area contributed by atoms with Crippen LogP contribution in [0, 0.1) is 24.4 Å². The summed E-state index contributed by atoms with van der Waals surface area (Å²) in [5.41, 5.74) is 2.18. The molecule has 6 rings (SSSR count). The van der Waals surface area contributed by atoms with Gasteiger partial charge in [-0.3, -0.25) is 0 Å². The number of para-hydroxylation sites is 1. The third-order valence-electron chi connectivity index (χ3n) is 6.90. The van der Waals surface area contributed by atoms with E-state index in [9.17, 15) is 28.3 Å². The lowest BCUT2D eigenvalue weighted by Crippen LogP contribution is -2.33. The summed E-state index contributed by atoms with van der Waals surface area (Å²) < 4.78 is 69.1. The van der Waals surface area contributed by atoms with Crippen molar-refractivity contribution in [1.82, 2.24) is 15.0 Å². The molecule has 0 saturated carbocycles. The number of fused-ring (bicyclic) bond motifs is 2. The monoisotopic (exact) mass is 585 g/mol. The zero-order valence-electron chi connectivity index (χ0n) is 21.2. The van der Waals surface area contributed by atoms with E-state index in [1.807, 2.05) is 25.1 Å². The Hall–Kier alpha value is -4.17. The molecule has 2 atom stereocenters. The van der Waals surface area contributed by atoms with Crippen LogP contribution in [0.15, 0.2) is 59.8 Å². The molecule has 13 heteroatoms. The number of nitrogens with zero attached hydrogens (tertiary/aromatic N) is 1. The zero-order valence-corrected chi connectivity index (χ0v) is 22.1. The maximum absolute atomic E-state index is 15.2. The van der Waals surface area contributed by atoms with Crippen LogP contribution in [0.25, 0.3) is 22.3 Å². The van der Waals surface area contributed by atoms with Crippen LogP contribution >= 0.6 is 0 Å². The Morgan fingerprint density at radius 2 is 1.93 bits per heavy atom. The van der Waals surface area contributed by atoms with E-state index in [4.69, 9.17) is 9.47 Å². The van der Waals surface area contributed by atoms with Gasteiger partial charge in [-0.2, -0.15) is 4.39 Å². The maximum atomic E-state index is 15.2. The van der Waals surface area contributed by atoms with Crippen LogP contribution in [-0.2, 0) is 10.8 Å². The van der Waals surface area contributed by atoms with Gasteiger partial charge in [-0.05, 0) is 43.2 Å². The van der Waals surface area contributed by atoms with Crippen molar-refractivity contribution in [2.45, 2.75) is 29.5 Å². The molecule has 9 nitrogen and oxygen atoms in total. The normalized spacial score (nSPS) is 15.9. The third-order valence-corrected chi connectivity index (χ3v) is 8.17. The van der Waals surface area contributed by atoms with E-state index < -0.39 is 49.7 Å². The lowest BCUT2D eigenvalue weighted by molar-refractivity contribution is -0.238. The third kappa shape index (κ3) is 4.66. The average molecular weight is 586 g/mol.